The Balaban J connectivity index is 1.77. The molecule has 2 amide bonds. The molecule has 2 rings (SSSR count). The zero-order valence-corrected chi connectivity index (χ0v) is 14.2. The maximum absolute atomic E-state index is 11.8. The first-order chi connectivity index (χ1) is 11.0. The Bertz CT molecular complexity index is 482. The Labute approximate surface area is 139 Å². The van der Waals surface area contributed by atoms with E-state index in [1.165, 1.54) is 24.9 Å². The number of rotatable bonds is 6. The Hall–Kier alpha value is -1.75. The van der Waals surface area contributed by atoms with Crippen LogP contribution in [0, 0.1) is 5.92 Å². The molecule has 1 unspecified atom stereocenters. The number of carbonyl (C=O) groups excluding carboxylic acids is 1. The molecular weight excluding hydrogens is 290 g/mol. The van der Waals surface area contributed by atoms with Gasteiger partial charge >= 0.3 is 6.03 Å². The van der Waals surface area contributed by atoms with Crippen LogP contribution >= 0.6 is 0 Å². The van der Waals surface area contributed by atoms with Crippen molar-refractivity contribution in [3.05, 3.63) is 24.3 Å². The third-order valence-corrected chi connectivity index (χ3v) is 4.09. The lowest BCUT2D eigenvalue weighted by atomic mass is 10.1. The average Bonchev–Trinajstić information content (AvgIpc) is 2.54. The van der Waals surface area contributed by atoms with E-state index >= 15 is 0 Å². The molecule has 0 saturated carbocycles. The second-order valence-corrected chi connectivity index (χ2v) is 6.71. The molecule has 5 nitrogen and oxygen atoms in total. The summed E-state index contributed by atoms with van der Waals surface area (Å²) in [5.74, 6) is 0.414. The first kappa shape index (κ1) is 17.6. The molecule has 0 bridgehead atoms. The summed E-state index contributed by atoms with van der Waals surface area (Å²) in [6.45, 7) is 6.60. The fourth-order valence-electron chi connectivity index (χ4n) is 2.92. The predicted molar refractivity (Wildman–Crippen MR) is 95.0 cm³/mol. The number of aliphatic hydroxyl groups is 1. The van der Waals surface area contributed by atoms with Gasteiger partial charge in [-0.2, -0.15) is 0 Å². The monoisotopic (exact) mass is 319 g/mol. The minimum atomic E-state index is -0.498. The minimum Gasteiger partial charge on any atom is -0.391 e. The molecule has 3 N–H and O–H groups in total. The minimum absolute atomic E-state index is 0.274. The fourth-order valence-corrected chi connectivity index (χ4v) is 2.92. The number of aliphatic hydroxyl groups excluding tert-OH is 1. The van der Waals surface area contributed by atoms with Crippen molar-refractivity contribution < 1.29 is 9.90 Å². The molecule has 5 heteroatoms. The van der Waals surface area contributed by atoms with E-state index in [4.69, 9.17) is 0 Å². The van der Waals surface area contributed by atoms with E-state index in [0.717, 1.165) is 18.8 Å². The molecule has 1 aliphatic rings. The first-order valence-corrected chi connectivity index (χ1v) is 8.62. The Morgan fingerprint density at radius 2 is 1.83 bits per heavy atom. The molecule has 23 heavy (non-hydrogen) atoms. The highest BCUT2D eigenvalue weighted by atomic mass is 16.3. The number of urea groups is 1. The van der Waals surface area contributed by atoms with Crippen molar-refractivity contribution >= 4 is 17.4 Å². The summed E-state index contributed by atoms with van der Waals surface area (Å²) in [5.41, 5.74) is 1.98. The van der Waals surface area contributed by atoms with E-state index in [1.54, 1.807) is 0 Å². The smallest absolute Gasteiger partial charge is 0.319 e. The van der Waals surface area contributed by atoms with Crippen molar-refractivity contribution in [2.24, 2.45) is 5.92 Å². The average molecular weight is 319 g/mol. The van der Waals surface area contributed by atoms with Crippen molar-refractivity contribution in [1.82, 2.24) is 5.32 Å². The van der Waals surface area contributed by atoms with E-state index in [2.05, 4.69) is 27.7 Å². The first-order valence-electron chi connectivity index (χ1n) is 8.62. The summed E-state index contributed by atoms with van der Waals surface area (Å²) in [4.78, 5) is 14.2. The van der Waals surface area contributed by atoms with Gasteiger partial charge in [-0.1, -0.05) is 13.8 Å². The van der Waals surface area contributed by atoms with Gasteiger partial charge in [0, 0.05) is 31.0 Å². The van der Waals surface area contributed by atoms with Gasteiger partial charge in [0.25, 0.3) is 0 Å². The van der Waals surface area contributed by atoms with Crippen LogP contribution in [0.3, 0.4) is 0 Å². The number of hydrogen-bond donors (Lipinski definition) is 3. The highest BCUT2D eigenvalue weighted by Gasteiger charge is 2.11. The number of nitrogens with one attached hydrogen (secondary N) is 2. The van der Waals surface area contributed by atoms with Crippen molar-refractivity contribution in [1.29, 1.82) is 0 Å². The Morgan fingerprint density at radius 1 is 1.17 bits per heavy atom. The molecular formula is C18H29N3O2. The molecule has 1 aromatic rings. The quantitative estimate of drug-likeness (QED) is 0.754. The summed E-state index contributed by atoms with van der Waals surface area (Å²) in [6.07, 6.45) is 4.01. The van der Waals surface area contributed by atoms with Crippen LogP contribution in [-0.2, 0) is 0 Å². The Kier molecular flexibility index (Phi) is 6.71. The van der Waals surface area contributed by atoms with Gasteiger partial charge in [-0.3, -0.25) is 0 Å². The molecule has 1 fully saturated rings. The van der Waals surface area contributed by atoms with Crippen LogP contribution in [0.4, 0.5) is 16.2 Å². The zero-order valence-electron chi connectivity index (χ0n) is 14.2. The number of benzene rings is 1. The molecule has 0 radical (unpaired) electrons. The summed E-state index contributed by atoms with van der Waals surface area (Å²) in [5, 5.41) is 15.3. The molecule has 1 saturated heterocycles. The van der Waals surface area contributed by atoms with Crippen LogP contribution in [0.5, 0.6) is 0 Å². The highest BCUT2D eigenvalue weighted by Crippen LogP contribution is 2.21. The zero-order chi connectivity index (χ0) is 16.7. The third kappa shape index (κ3) is 6.10. The van der Waals surface area contributed by atoms with Crippen LogP contribution in [-0.4, -0.2) is 36.9 Å². The van der Waals surface area contributed by atoms with Gasteiger partial charge in [0.15, 0.2) is 0 Å². The number of nitrogens with zero attached hydrogens (tertiary/aromatic N) is 1. The summed E-state index contributed by atoms with van der Waals surface area (Å²) < 4.78 is 0. The van der Waals surface area contributed by atoms with Gasteiger partial charge in [-0.05, 0) is 55.9 Å². The number of anilines is 2. The summed E-state index contributed by atoms with van der Waals surface area (Å²) >= 11 is 0. The van der Waals surface area contributed by atoms with Gasteiger partial charge in [0.2, 0.25) is 0 Å². The number of piperidine rings is 1. The number of hydrogen-bond acceptors (Lipinski definition) is 3. The van der Waals surface area contributed by atoms with Gasteiger partial charge in [-0.25, -0.2) is 4.79 Å². The van der Waals surface area contributed by atoms with Crippen LogP contribution in [0.25, 0.3) is 0 Å². The Morgan fingerprint density at radius 3 is 2.43 bits per heavy atom. The molecule has 1 aliphatic heterocycles. The second-order valence-electron chi connectivity index (χ2n) is 6.71. The van der Waals surface area contributed by atoms with E-state index in [-0.39, 0.29) is 12.6 Å². The van der Waals surface area contributed by atoms with Crippen molar-refractivity contribution in [2.75, 3.05) is 29.9 Å². The lowest BCUT2D eigenvalue weighted by molar-refractivity contribution is 0.148. The molecule has 128 valence electrons. The van der Waals surface area contributed by atoms with Gasteiger partial charge in [0.05, 0.1) is 6.10 Å². The van der Waals surface area contributed by atoms with Crippen LogP contribution in [0.15, 0.2) is 24.3 Å². The SMILES string of the molecule is CC(C)CC(O)CNC(=O)Nc1ccc(N2CCCCC2)cc1. The third-order valence-electron chi connectivity index (χ3n) is 4.09. The van der Waals surface area contributed by atoms with Crippen molar-refractivity contribution in [3.63, 3.8) is 0 Å². The van der Waals surface area contributed by atoms with Crippen LogP contribution in [0.1, 0.15) is 39.5 Å². The maximum atomic E-state index is 11.8. The summed E-state index contributed by atoms with van der Waals surface area (Å²) in [6, 6.07) is 7.67. The fraction of sp³-hybridized carbons (Fsp3) is 0.611. The van der Waals surface area contributed by atoms with E-state index in [1.807, 2.05) is 26.0 Å². The largest absolute Gasteiger partial charge is 0.391 e. The van der Waals surface area contributed by atoms with E-state index < -0.39 is 6.10 Å². The lowest BCUT2D eigenvalue weighted by Gasteiger charge is -2.28. The van der Waals surface area contributed by atoms with Gasteiger partial charge in [0.1, 0.15) is 0 Å². The standard InChI is InChI=1S/C18H29N3O2/c1-14(2)12-17(22)13-19-18(23)20-15-6-8-16(9-7-15)21-10-4-3-5-11-21/h6-9,14,17,22H,3-5,10-13H2,1-2H3,(H2,19,20,23). The van der Waals surface area contributed by atoms with Crippen molar-refractivity contribution in [2.45, 2.75) is 45.6 Å². The van der Waals surface area contributed by atoms with Crippen LogP contribution in [0.2, 0.25) is 0 Å². The molecule has 0 aromatic heterocycles. The molecule has 1 aromatic carbocycles. The van der Waals surface area contributed by atoms with Gasteiger partial charge < -0.3 is 20.6 Å². The molecule has 0 spiro atoms. The number of amides is 2. The molecule has 0 aliphatic carbocycles. The second kappa shape index (κ2) is 8.77. The predicted octanol–water partition coefficient (Wildman–Crippen LogP) is 3.21. The summed E-state index contributed by atoms with van der Waals surface area (Å²) in [7, 11) is 0. The van der Waals surface area contributed by atoms with Gasteiger partial charge in [-0.15, -0.1) is 0 Å². The maximum Gasteiger partial charge on any atom is 0.319 e. The number of carbonyl (C=O) groups is 1. The van der Waals surface area contributed by atoms with E-state index in [9.17, 15) is 9.90 Å². The van der Waals surface area contributed by atoms with E-state index in [0.29, 0.717) is 12.3 Å². The van der Waals surface area contributed by atoms with Crippen molar-refractivity contribution in [3.8, 4) is 0 Å². The normalized spacial score (nSPS) is 16.3. The van der Waals surface area contributed by atoms with Crippen LogP contribution < -0.4 is 15.5 Å². The highest BCUT2D eigenvalue weighted by molar-refractivity contribution is 5.89. The lowest BCUT2D eigenvalue weighted by Crippen LogP contribution is -2.35. The molecule has 1 atom stereocenters. The topological polar surface area (TPSA) is 64.6 Å². The molecule has 1 heterocycles.